The van der Waals surface area contributed by atoms with Crippen LogP contribution in [-0.4, -0.2) is 30.3 Å². The molecule has 1 saturated carbocycles. The number of amides is 1. The molecule has 0 radical (unpaired) electrons. The van der Waals surface area contributed by atoms with Crippen molar-refractivity contribution in [2.24, 2.45) is 0 Å². The highest BCUT2D eigenvalue weighted by atomic mass is 32.2. The molecule has 2 aliphatic rings. The van der Waals surface area contributed by atoms with E-state index in [2.05, 4.69) is 41.4 Å². The van der Waals surface area contributed by atoms with Gasteiger partial charge in [0.1, 0.15) is 0 Å². The second kappa shape index (κ2) is 8.09. The van der Waals surface area contributed by atoms with Crippen molar-refractivity contribution in [3.05, 3.63) is 24.3 Å². The zero-order chi connectivity index (χ0) is 16.1. The van der Waals surface area contributed by atoms with Crippen LogP contribution in [0.3, 0.4) is 0 Å². The molecule has 1 aromatic rings. The predicted molar refractivity (Wildman–Crippen MR) is 98.2 cm³/mol. The molecule has 1 amide bonds. The number of para-hydroxylation sites is 1. The van der Waals surface area contributed by atoms with Crippen LogP contribution in [-0.2, 0) is 4.79 Å². The molecule has 1 N–H and O–H groups in total. The largest absolute Gasteiger partial charge is 0.360 e. The summed E-state index contributed by atoms with van der Waals surface area (Å²) in [6.45, 7) is 3.67. The van der Waals surface area contributed by atoms with E-state index in [4.69, 9.17) is 0 Å². The molecule has 126 valence electrons. The molecule has 0 bridgehead atoms. The number of rotatable bonds is 3. The van der Waals surface area contributed by atoms with Gasteiger partial charge < -0.3 is 10.2 Å². The van der Waals surface area contributed by atoms with E-state index in [1.807, 2.05) is 11.8 Å². The van der Waals surface area contributed by atoms with E-state index in [-0.39, 0.29) is 5.91 Å². The normalized spacial score (nSPS) is 22.8. The Labute approximate surface area is 144 Å². The van der Waals surface area contributed by atoms with Gasteiger partial charge in [0.2, 0.25) is 5.91 Å². The number of hydrogen-bond donors (Lipinski definition) is 1. The molecule has 1 aliphatic carbocycles. The quantitative estimate of drug-likeness (QED) is 0.899. The van der Waals surface area contributed by atoms with Crippen molar-refractivity contribution in [2.75, 3.05) is 18.0 Å². The smallest absolute Gasteiger partial charge is 0.239 e. The second-order valence-corrected chi connectivity index (χ2v) is 8.37. The molecule has 1 aromatic carbocycles. The van der Waals surface area contributed by atoms with E-state index in [0.717, 1.165) is 19.4 Å². The lowest BCUT2D eigenvalue weighted by atomic mass is 9.97. The minimum Gasteiger partial charge on any atom is -0.360 e. The average Bonchev–Trinajstić information content (AvgIpc) is 2.49. The first kappa shape index (κ1) is 16.7. The molecule has 1 atom stereocenters. The highest BCUT2D eigenvalue weighted by Crippen LogP contribution is 2.37. The maximum Gasteiger partial charge on any atom is 0.239 e. The van der Waals surface area contributed by atoms with E-state index in [1.54, 1.807) is 0 Å². The Morgan fingerprint density at radius 1 is 1.17 bits per heavy atom. The van der Waals surface area contributed by atoms with Gasteiger partial charge in [-0.05, 0) is 25.0 Å². The maximum atomic E-state index is 12.5. The third-order valence-electron chi connectivity index (χ3n) is 4.82. The van der Waals surface area contributed by atoms with Gasteiger partial charge in [-0.1, -0.05) is 51.2 Å². The van der Waals surface area contributed by atoms with Crippen LogP contribution in [0.4, 0.5) is 5.69 Å². The lowest BCUT2D eigenvalue weighted by molar-refractivity contribution is -0.120. The van der Waals surface area contributed by atoms with Crippen LogP contribution in [0.1, 0.15) is 51.9 Å². The summed E-state index contributed by atoms with van der Waals surface area (Å²) in [6, 6.07) is 8.83. The Balaban J connectivity index is 1.59. The van der Waals surface area contributed by atoms with Gasteiger partial charge in [0.15, 0.2) is 0 Å². The topological polar surface area (TPSA) is 32.3 Å². The third kappa shape index (κ3) is 4.66. The van der Waals surface area contributed by atoms with Gasteiger partial charge in [0, 0.05) is 22.7 Å². The Morgan fingerprint density at radius 2 is 1.87 bits per heavy atom. The van der Waals surface area contributed by atoms with Crippen LogP contribution in [0.25, 0.3) is 0 Å². The Morgan fingerprint density at radius 3 is 2.65 bits per heavy atom. The molecule has 1 aliphatic heterocycles. The Hall–Kier alpha value is -1.16. The lowest BCUT2D eigenvalue weighted by Crippen LogP contribution is -2.45. The molecule has 0 aromatic heterocycles. The fraction of sp³-hybridized carbons (Fsp3) is 0.632. The first-order chi connectivity index (χ1) is 11.2. The average molecular weight is 333 g/mol. The highest BCUT2D eigenvalue weighted by Gasteiger charge is 2.24. The van der Waals surface area contributed by atoms with Gasteiger partial charge in [-0.2, -0.15) is 0 Å². The van der Waals surface area contributed by atoms with E-state index in [1.165, 1.54) is 42.7 Å². The number of nitrogens with one attached hydrogen (secondary N) is 1. The summed E-state index contributed by atoms with van der Waals surface area (Å²) in [5.74, 6) is 0.185. The van der Waals surface area contributed by atoms with Crippen LogP contribution in [0.5, 0.6) is 0 Å². The van der Waals surface area contributed by atoms with Crippen LogP contribution in [0.15, 0.2) is 29.2 Å². The van der Waals surface area contributed by atoms with Crippen molar-refractivity contribution >= 4 is 23.4 Å². The number of anilines is 1. The standard InChI is InChI=1S/C19H28N2OS/c1-15-13-21(17-11-7-8-12-18(17)23-15)14-19(22)20-16-9-5-3-2-4-6-10-16/h7-8,11-12,15-16H,2-6,9-10,13-14H2,1H3,(H,20,22)/t15-/m1/s1. The van der Waals surface area contributed by atoms with E-state index in [0.29, 0.717) is 17.8 Å². The Bertz CT molecular complexity index is 526. The van der Waals surface area contributed by atoms with Crippen LogP contribution >= 0.6 is 11.8 Å². The van der Waals surface area contributed by atoms with Gasteiger partial charge in [-0.3, -0.25) is 4.79 Å². The molecular weight excluding hydrogens is 304 g/mol. The van der Waals surface area contributed by atoms with Crippen molar-refractivity contribution in [2.45, 2.75) is 68.1 Å². The molecule has 1 fully saturated rings. The molecule has 1 heterocycles. The van der Waals surface area contributed by atoms with Gasteiger partial charge in [0.25, 0.3) is 0 Å². The monoisotopic (exact) mass is 332 g/mol. The summed E-state index contributed by atoms with van der Waals surface area (Å²) in [6.07, 6.45) is 8.81. The molecule has 0 unspecified atom stereocenters. The lowest BCUT2D eigenvalue weighted by Gasteiger charge is -2.34. The van der Waals surface area contributed by atoms with Crippen LogP contribution in [0.2, 0.25) is 0 Å². The van der Waals surface area contributed by atoms with Crippen molar-refractivity contribution in [1.29, 1.82) is 0 Å². The summed E-state index contributed by atoms with van der Waals surface area (Å²) in [5, 5.41) is 3.82. The molecule has 0 saturated heterocycles. The Kier molecular flexibility index (Phi) is 5.87. The van der Waals surface area contributed by atoms with Crippen molar-refractivity contribution in [1.82, 2.24) is 5.32 Å². The molecule has 3 nitrogen and oxygen atoms in total. The molecule has 3 rings (SSSR count). The van der Waals surface area contributed by atoms with E-state index in [9.17, 15) is 4.79 Å². The highest BCUT2D eigenvalue weighted by molar-refractivity contribution is 8.00. The molecular formula is C19H28N2OS. The van der Waals surface area contributed by atoms with E-state index < -0.39 is 0 Å². The molecule has 23 heavy (non-hydrogen) atoms. The predicted octanol–water partition coefficient (Wildman–Crippen LogP) is 4.22. The number of benzene rings is 1. The van der Waals surface area contributed by atoms with Gasteiger partial charge >= 0.3 is 0 Å². The number of fused-ring (bicyclic) bond motifs is 1. The minimum absolute atomic E-state index is 0.185. The summed E-state index contributed by atoms with van der Waals surface area (Å²) in [5.41, 5.74) is 1.21. The van der Waals surface area contributed by atoms with Crippen molar-refractivity contribution < 1.29 is 4.79 Å². The van der Waals surface area contributed by atoms with Crippen molar-refractivity contribution in [3.8, 4) is 0 Å². The number of thioether (sulfide) groups is 1. The molecule has 0 spiro atoms. The maximum absolute atomic E-state index is 12.5. The third-order valence-corrected chi connectivity index (χ3v) is 5.97. The van der Waals surface area contributed by atoms with Gasteiger partial charge in [-0.15, -0.1) is 11.8 Å². The first-order valence-electron chi connectivity index (χ1n) is 9.02. The number of nitrogens with zero attached hydrogens (tertiary/aromatic N) is 1. The van der Waals surface area contributed by atoms with Crippen molar-refractivity contribution in [3.63, 3.8) is 0 Å². The SMILES string of the molecule is C[C@@H]1CN(CC(=O)NC2CCCCCCC2)c2ccccc2S1. The van der Waals surface area contributed by atoms with Gasteiger partial charge in [0.05, 0.1) is 12.2 Å². The summed E-state index contributed by atoms with van der Waals surface area (Å²) >= 11 is 1.91. The fourth-order valence-electron chi connectivity index (χ4n) is 3.68. The summed E-state index contributed by atoms with van der Waals surface area (Å²) in [4.78, 5) is 16.1. The number of carbonyl (C=O) groups excluding carboxylic acids is 1. The zero-order valence-corrected chi connectivity index (χ0v) is 14.9. The number of carbonyl (C=O) groups is 1. The first-order valence-corrected chi connectivity index (χ1v) is 9.90. The summed E-state index contributed by atoms with van der Waals surface area (Å²) in [7, 11) is 0. The van der Waals surface area contributed by atoms with E-state index >= 15 is 0 Å². The number of hydrogen-bond acceptors (Lipinski definition) is 3. The minimum atomic E-state index is 0.185. The molecule has 4 heteroatoms. The van der Waals surface area contributed by atoms with Gasteiger partial charge in [-0.25, -0.2) is 0 Å². The fourth-order valence-corrected chi connectivity index (χ4v) is 4.84. The zero-order valence-electron chi connectivity index (χ0n) is 14.1. The van der Waals surface area contributed by atoms with Crippen LogP contribution < -0.4 is 10.2 Å². The second-order valence-electron chi connectivity index (χ2n) is 6.89. The summed E-state index contributed by atoms with van der Waals surface area (Å²) < 4.78 is 0. The van der Waals surface area contributed by atoms with Crippen LogP contribution in [0, 0.1) is 0 Å².